The maximum absolute atomic E-state index is 14.0. The van der Waals surface area contributed by atoms with Crippen LogP contribution in [0, 0.1) is 15.5 Å². The van der Waals surface area contributed by atoms with Crippen molar-refractivity contribution < 1.29 is 36.0 Å². The quantitative estimate of drug-likeness (QED) is 0.0648. The van der Waals surface area contributed by atoms with E-state index < -0.39 is 52.8 Å². The molecule has 1 atom stereocenters. The second-order valence-corrected chi connectivity index (χ2v) is 22.0. The summed E-state index contributed by atoms with van der Waals surface area (Å²) in [6.45, 7) is 8.26. The van der Waals surface area contributed by atoms with Gasteiger partial charge in [0.2, 0.25) is 10.0 Å². The van der Waals surface area contributed by atoms with E-state index in [0.717, 1.165) is 62.1 Å². The van der Waals surface area contributed by atoms with Crippen molar-refractivity contribution in [3.8, 4) is 17.2 Å². The number of allylic oxidation sites excluding steroid dienone is 1. The fourth-order valence-electron chi connectivity index (χ4n) is 8.61. The summed E-state index contributed by atoms with van der Waals surface area (Å²) in [6.07, 6.45) is 7.50. The molecule has 4 N–H and O–H groups in total. The fraction of sp³-hybridized carbons (Fsp3) is 0.378. The minimum absolute atomic E-state index is 0.0733. The molecule has 65 heavy (non-hydrogen) atoms. The van der Waals surface area contributed by atoms with Crippen LogP contribution in [0.4, 0.5) is 17.1 Å². The van der Waals surface area contributed by atoms with Crippen molar-refractivity contribution in [3.63, 3.8) is 0 Å². The van der Waals surface area contributed by atoms with Crippen LogP contribution >= 0.6 is 11.6 Å². The predicted octanol–water partition coefficient (Wildman–Crippen LogP) is 7.08. The van der Waals surface area contributed by atoms with Crippen LogP contribution in [0.5, 0.6) is 17.2 Å². The fourth-order valence-corrected chi connectivity index (χ4v) is 11.2. The van der Waals surface area contributed by atoms with Crippen LogP contribution in [0.1, 0.15) is 61.9 Å². The smallest absolute Gasteiger partial charge is 0.297 e. The number of hydrogen-bond donors (Lipinski definition) is 4. The molecule has 4 aliphatic rings. The van der Waals surface area contributed by atoms with E-state index in [1.807, 2.05) is 18.2 Å². The molecule has 3 aromatic carbocycles. The molecule has 342 valence electrons. The van der Waals surface area contributed by atoms with Crippen LogP contribution in [0.3, 0.4) is 0 Å². The minimum Gasteiger partial charge on any atom is -0.489 e. The number of rotatable bonds is 14. The number of nitrogens with zero attached hydrogens (tertiary/aromatic N) is 4. The van der Waals surface area contributed by atoms with Gasteiger partial charge in [0.25, 0.3) is 21.6 Å². The molecule has 9 rings (SSSR count). The normalized spacial score (nSPS) is 19.0. The number of nitro benzene ring substituents is 1. The first-order chi connectivity index (χ1) is 31.0. The van der Waals surface area contributed by atoms with E-state index in [2.05, 4.69) is 60.5 Å². The topological polar surface area (TPSA) is 218 Å². The number of halogens is 1. The third kappa shape index (κ3) is 9.94. The number of nitro groups is 1. The second kappa shape index (κ2) is 17.6. The summed E-state index contributed by atoms with van der Waals surface area (Å²) in [7, 11) is -8.26. The number of carbonyl (C=O) groups excluding carboxylic acids is 1. The SMILES string of the molecule is CC1(C)CCC(CN2CCN(c3ccc(C(=O)NS(=O)(=O)c4cc5c(c([N+](=O)[O-])c4)N[C@H](CNS(=O)(=O)C4CC4)CO5)c(Oc4cnc5[nH]ccc5c4)c3)CC2)=C(c2ccc(Cl)cc2)C1. The van der Waals surface area contributed by atoms with Crippen molar-refractivity contribution in [2.45, 2.75) is 62.1 Å². The van der Waals surface area contributed by atoms with Gasteiger partial charge in [0.05, 0.1) is 32.9 Å². The summed E-state index contributed by atoms with van der Waals surface area (Å²) in [6, 6.07) is 17.9. The highest BCUT2D eigenvalue weighted by Gasteiger charge is 2.37. The van der Waals surface area contributed by atoms with Crippen molar-refractivity contribution in [1.82, 2.24) is 24.3 Å². The van der Waals surface area contributed by atoms with Crippen molar-refractivity contribution >= 4 is 71.2 Å². The molecule has 2 aliphatic heterocycles. The van der Waals surface area contributed by atoms with Gasteiger partial charge in [0.15, 0.2) is 11.4 Å². The van der Waals surface area contributed by atoms with Crippen LogP contribution in [-0.2, 0) is 20.0 Å². The Morgan fingerprint density at radius 1 is 1.03 bits per heavy atom. The van der Waals surface area contributed by atoms with E-state index >= 15 is 0 Å². The molecule has 5 aromatic rings. The number of sulfonamides is 2. The van der Waals surface area contributed by atoms with Gasteiger partial charge in [-0.15, -0.1) is 0 Å². The van der Waals surface area contributed by atoms with Crippen LogP contribution < -0.4 is 29.1 Å². The van der Waals surface area contributed by atoms with E-state index in [1.165, 1.54) is 29.0 Å². The maximum atomic E-state index is 14.0. The summed E-state index contributed by atoms with van der Waals surface area (Å²) < 4.78 is 69.1. The first-order valence-electron chi connectivity index (χ1n) is 21.5. The van der Waals surface area contributed by atoms with Gasteiger partial charge in [-0.3, -0.25) is 19.8 Å². The molecule has 0 radical (unpaired) electrons. The van der Waals surface area contributed by atoms with Crippen molar-refractivity contribution in [1.29, 1.82) is 0 Å². The number of pyridine rings is 1. The van der Waals surface area contributed by atoms with Gasteiger partial charge in [0.1, 0.15) is 23.8 Å². The molecule has 1 amide bonds. The minimum atomic E-state index is -4.73. The van der Waals surface area contributed by atoms with E-state index in [1.54, 1.807) is 24.4 Å². The number of H-pyrrole nitrogens is 1. The number of carbonyl (C=O) groups is 1. The molecule has 17 nitrogen and oxygen atoms in total. The number of nitrogens with one attached hydrogen (secondary N) is 4. The molecule has 4 heterocycles. The summed E-state index contributed by atoms with van der Waals surface area (Å²) >= 11 is 6.24. The van der Waals surface area contributed by atoms with Gasteiger partial charge in [0, 0.05) is 79.8 Å². The molecule has 1 saturated heterocycles. The number of hydrogen-bond acceptors (Lipinski definition) is 13. The molecule has 1 saturated carbocycles. The number of ether oxygens (including phenoxy) is 2. The Hall–Kier alpha value is -5.73. The highest BCUT2D eigenvalue weighted by molar-refractivity contribution is 7.90. The lowest BCUT2D eigenvalue weighted by Crippen LogP contribution is -2.47. The maximum Gasteiger partial charge on any atom is 0.297 e. The Labute approximate surface area is 381 Å². The molecule has 2 aliphatic carbocycles. The van der Waals surface area contributed by atoms with Gasteiger partial charge in [-0.05, 0) is 85.1 Å². The van der Waals surface area contributed by atoms with E-state index in [-0.39, 0.29) is 41.3 Å². The van der Waals surface area contributed by atoms with Gasteiger partial charge in [-0.2, -0.15) is 0 Å². The molecule has 0 unspecified atom stereocenters. The Morgan fingerprint density at radius 3 is 2.54 bits per heavy atom. The largest absolute Gasteiger partial charge is 0.489 e. The summed E-state index contributed by atoms with van der Waals surface area (Å²) in [5.41, 5.74) is 4.81. The number of fused-ring (bicyclic) bond motifs is 2. The molecule has 0 bridgehead atoms. The van der Waals surface area contributed by atoms with E-state index in [9.17, 15) is 31.7 Å². The number of benzene rings is 3. The predicted molar refractivity (Wildman–Crippen MR) is 248 cm³/mol. The number of piperazine rings is 1. The zero-order valence-electron chi connectivity index (χ0n) is 35.8. The monoisotopic (exact) mass is 944 g/mol. The zero-order chi connectivity index (χ0) is 45.7. The van der Waals surface area contributed by atoms with Gasteiger partial charge < -0.3 is 24.7 Å². The summed E-state index contributed by atoms with van der Waals surface area (Å²) in [4.78, 5) is 37.0. The average molecular weight is 946 g/mol. The van der Waals surface area contributed by atoms with Crippen molar-refractivity contribution in [3.05, 3.63) is 111 Å². The number of anilines is 2. The van der Waals surface area contributed by atoms with Gasteiger partial charge in [-0.25, -0.2) is 31.3 Å². The Balaban J connectivity index is 0.934. The number of aromatic nitrogens is 2. The van der Waals surface area contributed by atoms with Crippen LogP contribution in [-0.4, -0.2) is 99.7 Å². The Kier molecular flexibility index (Phi) is 12.0. The highest BCUT2D eigenvalue weighted by atomic mass is 35.5. The molecule has 2 fully saturated rings. The second-order valence-electron chi connectivity index (χ2n) is 17.8. The summed E-state index contributed by atoms with van der Waals surface area (Å²) in [5.74, 6) is -0.792. The molecule has 20 heteroatoms. The lowest BCUT2D eigenvalue weighted by Gasteiger charge is -2.39. The first kappa shape index (κ1) is 44.5. The Bertz CT molecular complexity index is 2930. The standard InChI is InChI=1S/C45H49ClN8O9S2/c1-45(2)13-11-30(38(23-45)28-3-5-31(46)6-4-28)26-52-15-17-53(18-16-52)33-7-10-37(40(20-33)63-34-19-29-12-14-47-43(29)48-25-34)44(55)51-65(60,61)36-21-39(54(56)57)42-41(22-36)62-27-32(50-42)24-49-64(58,59)35-8-9-35/h3-7,10,12,14,19-22,25,32,35,49-50H,8-9,11,13,15-18,23-24,26-27H2,1-2H3,(H,47,48)(H,51,55)/t32-/m1/s1. The van der Waals surface area contributed by atoms with E-state index in [0.29, 0.717) is 42.4 Å². The van der Waals surface area contributed by atoms with Crippen LogP contribution in [0.15, 0.2) is 89.6 Å². The van der Waals surface area contributed by atoms with E-state index in [4.69, 9.17) is 21.1 Å². The van der Waals surface area contributed by atoms with Crippen molar-refractivity contribution in [2.24, 2.45) is 5.41 Å². The molecule has 2 aromatic heterocycles. The first-order valence-corrected chi connectivity index (χ1v) is 24.9. The van der Waals surface area contributed by atoms with Crippen molar-refractivity contribution in [2.75, 3.05) is 56.1 Å². The summed E-state index contributed by atoms with van der Waals surface area (Å²) in [5, 5.41) is 16.2. The molecular formula is C45H49ClN8O9S2. The third-order valence-electron chi connectivity index (χ3n) is 12.4. The molecule has 0 spiro atoms. The average Bonchev–Trinajstić information content (AvgIpc) is 4.05. The lowest BCUT2D eigenvalue weighted by atomic mass is 9.72. The molecular weight excluding hydrogens is 896 g/mol. The van der Waals surface area contributed by atoms with Gasteiger partial charge >= 0.3 is 0 Å². The van der Waals surface area contributed by atoms with Crippen LogP contribution in [0.25, 0.3) is 16.6 Å². The number of amides is 1. The Morgan fingerprint density at radius 2 is 1.80 bits per heavy atom. The highest BCUT2D eigenvalue weighted by Crippen LogP contribution is 2.44. The lowest BCUT2D eigenvalue weighted by molar-refractivity contribution is -0.384. The van der Waals surface area contributed by atoms with Gasteiger partial charge in [-0.1, -0.05) is 43.2 Å². The zero-order valence-corrected chi connectivity index (χ0v) is 38.2. The third-order valence-corrected chi connectivity index (χ3v) is 15.9. The number of aromatic amines is 1. The van der Waals surface area contributed by atoms with Crippen LogP contribution in [0.2, 0.25) is 5.02 Å².